The van der Waals surface area contributed by atoms with Crippen LogP contribution in [0.2, 0.25) is 0 Å². The molecule has 0 amide bonds. The Kier molecular flexibility index (Phi) is 1.34. The minimum atomic E-state index is 0.672. The molecule has 2 heterocycles. The number of aryl methyl sites for hydroxylation is 1. The minimum Gasteiger partial charge on any atom is -0.241 e. The van der Waals surface area contributed by atoms with E-state index in [4.69, 9.17) is 5.26 Å². The van der Waals surface area contributed by atoms with Crippen molar-refractivity contribution < 1.29 is 0 Å². The van der Waals surface area contributed by atoms with Crippen molar-refractivity contribution >= 4 is 5.52 Å². The molecule has 2 aromatic rings. The molecule has 2 aromatic heterocycles. The highest BCUT2D eigenvalue weighted by molar-refractivity contribution is 5.56. The summed E-state index contributed by atoms with van der Waals surface area (Å²) in [6.07, 6.45) is 3.58. The summed E-state index contributed by atoms with van der Waals surface area (Å²) < 4.78 is 1.76. The van der Waals surface area contributed by atoms with Gasteiger partial charge in [0.15, 0.2) is 0 Å². The van der Waals surface area contributed by atoms with Crippen LogP contribution in [-0.4, -0.2) is 9.61 Å². The van der Waals surface area contributed by atoms with E-state index in [1.54, 1.807) is 23.0 Å². The first-order valence-corrected chi connectivity index (χ1v) is 3.65. The predicted octanol–water partition coefficient (Wildman–Crippen LogP) is 1.51. The molecule has 0 atom stereocenters. The van der Waals surface area contributed by atoms with E-state index in [-0.39, 0.29) is 0 Å². The van der Waals surface area contributed by atoms with Crippen molar-refractivity contribution in [3.8, 4) is 6.07 Å². The summed E-state index contributed by atoms with van der Waals surface area (Å²) in [5.74, 6) is 0. The molecule has 0 spiro atoms. The number of nitrogens with zero attached hydrogens (tertiary/aromatic N) is 3. The fraction of sp³-hybridized carbons (Fsp3) is 0.111. The van der Waals surface area contributed by atoms with Gasteiger partial charge in [-0.05, 0) is 24.6 Å². The zero-order valence-corrected chi connectivity index (χ0v) is 6.65. The van der Waals surface area contributed by atoms with Gasteiger partial charge in [0.2, 0.25) is 0 Å². The van der Waals surface area contributed by atoms with Crippen LogP contribution in [0.25, 0.3) is 5.52 Å². The number of fused-ring (bicyclic) bond motifs is 1. The first kappa shape index (κ1) is 6.86. The molecule has 0 N–H and O–H groups in total. The molecule has 2 rings (SSSR count). The van der Waals surface area contributed by atoms with E-state index in [0.717, 1.165) is 11.1 Å². The lowest BCUT2D eigenvalue weighted by molar-refractivity contribution is 0.960. The van der Waals surface area contributed by atoms with Crippen LogP contribution < -0.4 is 0 Å². The number of aromatic nitrogens is 2. The number of pyridine rings is 1. The zero-order chi connectivity index (χ0) is 8.55. The van der Waals surface area contributed by atoms with E-state index in [1.807, 2.05) is 13.0 Å². The van der Waals surface area contributed by atoms with Gasteiger partial charge in [-0.15, -0.1) is 0 Å². The van der Waals surface area contributed by atoms with E-state index in [1.165, 1.54) is 0 Å². The maximum absolute atomic E-state index is 8.65. The smallest absolute Gasteiger partial charge is 0.0992 e. The Morgan fingerprint density at radius 1 is 1.58 bits per heavy atom. The first-order chi connectivity index (χ1) is 5.81. The molecule has 0 aromatic carbocycles. The summed E-state index contributed by atoms with van der Waals surface area (Å²) in [4.78, 5) is 0. The third kappa shape index (κ3) is 0.857. The molecule has 0 aliphatic heterocycles. The monoisotopic (exact) mass is 157 g/mol. The van der Waals surface area contributed by atoms with Crippen molar-refractivity contribution in [1.82, 2.24) is 9.61 Å². The van der Waals surface area contributed by atoms with Gasteiger partial charge < -0.3 is 0 Å². The van der Waals surface area contributed by atoms with E-state index in [2.05, 4.69) is 11.2 Å². The summed E-state index contributed by atoms with van der Waals surface area (Å²) in [7, 11) is 0. The Labute approximate surface area is 69.9 Å². The van der Waals surface area contributed by atoms with Crippen LogP contribution in [0, 0.1) is 18.3 Å². The van der Waals surface area contributed by atoms with Crippen LogP contribution in [0.4, 0.5) is 0 Å². The molecule has 0 saturated carbocycles. The summed E-state index contributed by atoms with van der Waals surface area (Å²) in [5.41, 5.74) is 2.76. The minimum absolute atomic E-state index is 0.672. The molecule has 3 nitrogen and oxygen atoms in total. The molecule has 58 valence electrons. The van der Waals surface area contributed by atoms with Crippen LogP contribution in [0.15, 0.2) is 24.5 Å². The maximum atomic E-state index is 8.65. The summed E-state index contributed by atoms with van der Waals surface area (Å²) in [5, 5.41) is 12.7. The third-order valence-electron chi connectivity index (χ3n) is 1.84. The second-order valence-corrected chi connectivity index (χ2v) is 2.68. The molecule has 3 heteroatoms. The topological polar surface area (TPSA) is 41.1 Å². The van der Waals surface area contributed by atoms with Crippen LogP contribution in [0.1, 0.15) is 11.1 Å². The van der Waals surface area contributed by atoms with Gasteiger partial charge in [0.25, 0.3) is 0 Å². The van der Waals surface area contributed by atoms with Crippen LogP contribution >= 0.6 is 0 Å². The van der Waals surface area contributed by atoms with Gasteiger partial charge in [-0.2, -0.15) is 10.4 Å². The molecule has 0 radical (unpaired) electrons. The average molecular weight is 157 g/mol. The number of rotatable bonds is 0. The van der Waals surface area contributed by atoms with Gasteiger partial charge in [0, 0.05) is 6.20 Å². The second-order valence-electron chi connectivity index (χ2n) is 2.68. The maximum Gasteiger partial charge on any atom is 0.0992 e. The van der Waals surface area contributed by atoms with E-state index < -0.39 is 0 Å². The fourth-order valence-corrected chi connectivity index (χ4v) is 1.17. The molecular formula is C9H7N3. The molecule has 0 fully saturated rings. The van der Waals surface area contributed by atoms with Crippen molar-refractivity contribution in [2.24, 2.45) is 0 Å². The van der Waals surface area contributed by atoms with Gasteiger partial charge in [0.1, 0.15) is 0 Å². The SMILES string of the molecule is Cc1cnn2ccc(C#N)cc12. The number of hydrogen-bond acceptors (Lipinski definition) is 2. The molecule has 0 aliphatic rings. The van der Waals surface area contributed by atoms with Crippen molar-refractivity contribution in [3.63, 3.8) is 0 Å². The fourth-order valence-electron chi connectivity index (χ4n) is 1.17. The lowest BCUT2D eigenvalue weighted by Crippen LogP contribution is -1.86. The van der Waals surface area contributed by atoms with E-state index in [9.17, 15) is 0 Å². The van der Waals surface area contributed by atoms with Crippen molar-refractivity contribution in [2.75, 3.05) is 0 Å². The molecule has 0 bridgehead atoms. The quantitative estimate of drug-likeness (QED) is 0.581. The number of nitriles is 1. The molecule has 0 unspecified atom stereocenters. The standard InChI is InChI=1S/C9H7N3/c1-7-6-11-12-3-2-8(5-10)4-9(7)12/h2-4,6H,1H3. The molecule has 0 saturated heterocycles. The van der Waals surface area contributed by atoms with Crippen molar-refractivity contribution in [2.45, 2.75) is 6.92 Å². The Balaban J connectivity index is 2.82. The third-order valence-corrected chi connectivity index (χ3v) is 1.84. The van der Waals surface area contributed by atoms with Crippen LogP contribution in [0.3, 0.4) is 0 Å². The highest BCUT2D eigenvalue weighted by Gasteiger charge is 1.99. The Morgan fingerprint density at radius 2 is 2.42 bits per heavy atom. The zero-order valence-electron chi connectivity index (χ0n) is 6.65. The second kappa shape index (κ2) is 2.35. The average Bonchev–Trinajstić information content (AvgIpc) is 2.47. The van der Waals surface area contributed by atoms with Gasteiger partial charge in [-0.3, -0.25) is 0 Å². The largest absolute Gasteiger partial charge is 0.241 e. The first-order valence-electron chi connectivity index (χ1n) is 3.65. The lowest BCUT2D eigenvalue weighted by atomic mass is 10.2. The van der Waals surface area contributed by atoms with Gasteiger partial charge in [-0.25, -0.2) is 4.52 Å². The van der Waals surface area contributed by atoms with Gasteiger partial charge in [-0.1, -0.05) is 0 Å². The molecule has 12 heavy (non-hydrogen) atoms. The lowest BCUT2D eigenvalue weighted by Gasteiger charge is -1.93. The van der Waals surface area contributed by atoms with Crippen molar-refractivity contribution in [1.29, 1.82) is 5.26 Å². The normalized spacial score (nSPS) is 10.0. The Hall–Kier alpha value is -1.82. The highest BCUT2D eigenvalue weighted by atomic mass is 15.2. The predicted molar refractivity (Wildman–Crippen MR) is 44.6 cm³/mol. The van der Waals surface area contributed by atoms with Gasteiger partial charge >= 0.3 is 0 Å². The summed E-state index contributed by atoms with van der Waals surface area (Å²) in [6.45, 7) is 1.98. The van der Waals surface area contributed by atoms with Gasteiger partial charge in [0.05, 0.1) is 23.3 Å². The molecule has 0 aliphatic carbocycles. The summed E-state index contributed by atoms with van der Waals surface area (Å²) in [6, 6.07) is 5.68. The summed E-state index contributed by atoms with van der Waals surface area (Å²) >= 11 is 0. The Morgan fingerprint density at radius 3 is 3.17 bits per heavy atom. The van der Waals surface area contributed by atoms with Crippen LogP contribution in [-0.2, 0) is 0 Å². The van der Waals surface area contributed by atoms with Crippen LogP contribution in [0.5, 0.6) is 0 Å². The van der Waals surface area contributed by atoms with E-state index in [0.29, 0.717) is 5.56 Å². The highest BCUT2D eigenvalue weighted by Crippen LogP contribution is 2.10. The van der Waals surface area contributed by atoms with E-state index >= 15 is 0 Å². The molecular weight excluding hydrogens is 150 g/mol. The van der Waals surface area contributed by atoms with Crippen molar-refractivity contribution in [3.05, 3.63) is 35.7 Å². The Bertz CT molecular complexity index is 462. The number of hydrogen-bond donors (Lipinski definition) is 0.